The van der Waals surface area contributed by atoms with E-state index in [9.17, 15) is 4.79 Å². The van der Waals surface area contributed by atoms with Crippen molar-refractivity contribution in [2.75, 3.05) is 0 Å². The smallest absolute Gasteiger partial charge is 0.338 e. The molecule has 3 aromatic rings. The van der Waals surface area contributed by atoms with Gasteiger partial charge in [0.1, 0.15) is 5.75 Å². The molecule has 7 heteroatoms. The van der Waals surface area contributed by atoms with Crippen LogP contribution in [0.2, 0.25) is 0 Å². The standard InChI is InChI=1S/C14H10N2O4S/c17-10-5-3-9(4-6-10)14(18)19-8-12-15-13(16-20-12)11-2-1-7-21-11/h1-7,17H,8H2. The Morgan fingerprint density at radius 1 is 1.29 bits per heavy atom. The van der Waals surface area contributed by atoms with Crippen molar-refractivity contribution in [3.8, 4) is 16.5 Å². The highest BCUT2D eigenvalue weighted by Crippen LogP contribution is 2.21. The normalized spacial score (nSPS) is 10.5. The SMILES string of the molecule is O=C(OCc1nc(-c2cccs2)no1)c1ccc(O)cc1. The molecule has 21 heavy (non-hydrogen) atoms. The Labute approximate surface area is 123 Å². The third-order valence-electron chi connectivity index (χ3n) is 2.64. The first-order valence-corrected chi connectivity index (χ1v) is 6.93. The number of aromatic nitrogens is 2. The van der Waals surface area contributed by atoms with Crippen LogP contribution in [0.4, 0.5) is 0 Å². The van der Waals surface area contributed by atoms with Crippen molar-refractivity contribution >= 4 is 17.3 Å². The van der Waals surface area contributed by atoms with Gasteiger partial charge in [-0.2, -0.15) is 4.98 Å². The summed E-state index contributed by atoms with van der Waals surface area (Å²) in [5, 5.41) is 14.9. The number of phenolic OH excluding ortho intramolecular Hbond substituents is 1. The predicted octanol–water partition coefficient (Wildman–Crippen LogP) is 2.86. The molecule has 0 saturated heterocycles. The maximum absolute atomic E-state index is 11.8. The van der Waals surface area contributed by atoms with Gasteiger partial charge in [-0.1, -0.05) is 11.2 Å². The molecule has 0 unspecified atom stereocenters. The molecule has 6 nitrogen and oxygen atoms in total. The van der Waals surface area contributed by atoms with Gasteiger partial charge in [0.15, 0.2) is 6.61 Å². The number of hydrogen-bond donors (Lipinski definition) is 1. The minimum absolute atomic E-state index is 0.0871. The van der Waals surface area contributed by atoms with Crippen LogP contribution in [0, 0.1) is 0 Å². The average Bonchev–Trinajstić information content (AvgIpc) is 3.16. The molecule has 0 radical (unpaired) electrons. The summed E-state index contributed by atoms with van der Waals surface area (Å²) in [7, 11) is 0. The van der Waals surface area contributed by atoms with E-state index in [1.54, 1.807) is 0 Å². The number of thiophene rings is 1. The van der Waals surface area contributed by atoms with Crippen LogP contribution >= 0.6 is 11.3 Å². The van der Waals surface area contributed by atoms with E-state index in [2.05, 4.69) is 10.1 Å². The van der Waals surface area contributed by atoms with Crippen LogP contribution in [0.1, 0.15) is 16.2 Å². The van der Waals surface area contributed by atoms with Gasteiger partial charge in [-0.05, 0) is 35.7 Å². The van der Waals surface area contributed by atoms with Gasteiger partial charge in [-0.25, -0.2) is 4.79 Å². The average molecular weight is 302 g/mol. The number of phenols is 1. The lowest BCUT2D eigenvalue weighted by Crippen LogP contribution is -2.05. The summed E-state index contributed by atoms with van der Waals surface area (Å²) in [6.45, 7) is -0.0991. The van der Waals surface area contributed by atoms with E-state index < -0.39 is 5.97 Å². The zero-order chi connectivity index (χ0) is 14.7. The van der Waals surface area contributed by atoms with Gasteiger partial charge < -0.3 is 14.4 Å². The molecule has 1 N–H and O–H groups in total. The van der Waals surface area contributed by atoms with E-state index in [-0.39, 0.29) is 18.2 Å². The Morgan fingerprint density at radius 2 is 2.10 bits per heavy atom. The highest BCUT2D eigenvalue weighted by Gasteiger charge is 2.12. The fourth-order valence-electron chi connectivity index (χ4n) is 1.63. The molecular weight excluding hydrogens is 292 g/mol. The lowest BCUT2D eigenvalue weighted by molar-refractivity contribution is 0.0430. The number of benzene rings is 1. The molecule has 0 aliphatic rings. The first kappa shape index (κ1) is 13.3. The fourth-order valence-corrected chi connectivity index (χ4v) is 2.28. The number of carbonyl (C=O) groups excluding carboxylic acids is 1. The Kier molecular flexibility index (Phi) is 3.65. The van der Waals surface area contributed by atoms with Crippen LogP contribution in [0.3, 0.4) is 0 Å². The van der Waals surface area contributed by atoms with E-state index in [0.717, 1.165) is 4.88 Å². The number of ether oxygens (including phenoxy) is 1. The lowest BCUT2D eigenvalue weighted by atomic mass is 10.2. The summed E-state index contributed by atoms with van der Waals surface area (Å²) in [4.78, 5) is 16.8. The first-order chi connectivity index (χ1) is 10.2. The van der Waals surface area contributed by atoms with E-state index in [0.29, 0.717) is 11.4 Å². The van der Waals surface area contributed by atoms with Crippen molar-refractivity contribution in [1.29, 1.82) is 0 Å². The van der Waals surface area contributed by atoms with Crippen LogP contribution in [0.25, 0.3) is 10.7 Å². The molecule has 0 spiro atoms. The van der Waals surface area contributed by atoms with Crippen LogP contribution < -0.4 is 0 Å². The zero-order valence-electron chi connectivity index (χ0n) is 10.7. The Balaban J connectivity index is 1.62. The van der Waals surface area contributed by atoms with Gasteiger partial charge in [0.2, 0.25) is 5.82 Å². The first-order valence-electron chi connectivity index (χ1n) is 6.05. The van der Waals surface area contributed by atoms with Crippen molar-refractivity contribution in [2.24, 2.45) is 0 Å². The number of carbonyl (C=O) groups is 1. The maximum Gasteiger partial charge on any atom is 0.338 e. The van der Waals surface area contributed by atoms with Crippen LogP contribution in [-0.4, -0.2) is 21.2 Å². The second kappa shape index (κ2) is 5.76. The minimum atomic E-state index is -0.522. The van der Waals surface area contributed by atoms with E-state index in [1.807, 2.05) is 17.5 Å². The Bertz CT molecular complexity index is 735. The van der Waals surface area contributed by atoms with Gasteiger partial charge in [-0.3, -0.25) is 0 Å². The fraction of sp³-hybridized carbons (Fsp3) is 0.0714. The van der Waals surface area contributed by atoms with Crippen LogP contribution in [0.5, 0.6) is 5.75 Å². The molecule has 2 heterocycles. The van der Waals surface area contributed by atoms with Crippen molar-refractivity contribution in [1.82, 2.24) is 10.1 Å². The summed E-state index contributed by atoms with van der Waals surface area (Å²) >= 11 is 1.50. The molecule has 0 fully saturated rings. The second-order valence-electron chi connectivity index (χ2n) is 4.11. The number of hydrogen-bond acceptors (Lipinski definition) is 7. The lowest BCUT2D eigenvalue weighted by Gasteiger charge is -2.01. The van der Waals surface area contributed by atoms with Gasteiger partial charge in [0.25, 0.3) is 5.89 Å². The van der Waals surface area contributed by atoms with Gasteiger partial charge in [-0.15, -0.1) is 11.3 Å². The summed E-state index contributed by atoms with van der Waals surface area (Å²) in [6.07, 6.45) is 0. The van der Waals surface area contributed by atoms with Crippen molar-refractivity contribution in [3.63, 3.8) is 0 Å². The molecule has 106 valence electrons. The van der Waals surface area contributed by atoms with Crippen LogP contribution in [-0.2, 0) is 11.3 Å². The molecule has 2 aromatic heterocycles. The molecule has 0 saturated carbocycles. The summed E-state index contributed by atoms with van der Waals surface area (Å²) < 4.78 is 10.1. The summed E-state index contributed by atoms with van der Waals surface area (Å²) in [5.74, 6) is 0.265. The van der Waals surface area contributed by atoms with Gasteiger partial charge in [0, 0.05) is 0 Å². The maximum atomic E-state index is 11.8. The summed E-state index contributed by atoms with van der Waals surface area (Å²) in [5.41, 5.74) is 0.339. The van der Waals surface area contributed by atoms with Crippen molar-refractivity contribution in [2.45, 2.75) is 6.61 Å². The largest absolute Gasteiger partial charge is 0.508 e. The van der Waals surface area contributed by atoms with E-state index in [4.69, 9.17) is 14.4 Å². The number of nitrogens with zero attached hydrogens (tertiary/aromatic N) is 2. The highest BCUT2D eigenvalue weighted by molar-refractivity contribution is 7.13. The molecule has 0 aliphatic carbocycles. The molecule has 0 amide bonds. The number of rotatable bonds is 4. The predicted molar refractivity (Wildman–Crippen MR) is 74.8 cm³/mol. The van der Waals surface area contributed by atoms with E-state index in [1.165, 1.54) is 35.6 Å². The van der Waals surface area contributed by atoms with E-state index >= 15 is 0 Å². The Morgan fingerprint density at radius 3 is 2.81 bits per heavy atom. The van der Waals surface area contributed by atoms with Gasteiger partial charge in [0.05, 0.1) is 10.4 Å². The monoisotopic (exact) mass is 302 g/mol. The van der Waals surface area contributed by atoms with Crippen molar-refractivity contribution in [3.05, 3.63) is 53.2 Å². The third kappa shape index (κ3) is 3.09. The molecule has 0 bridgehead atoms. The molecule has 3 rings (SSSR count). The zero-order valence-corrected chi connectivity index (χ0v) is 11.5. The molecule has 1 aromatic carbocycles. The topological polar surface area (TPSA) is 85.5 Å². The van der Waals surface area contributed by atoms with Crippen LogP contribution in [0.15, 0.2) is 46.3 Å². The van der Waals surface area contributed by atoms with Crippen molar-refractivity contribution < 1.29 is 19.2 Å². The molecule has 0 aliphatic heterocycles. The minimum Gasteiger partial charge on any atom is -0.508 e. The quantitative estimate of drug-likeness (QED) is 0.746. The molecule has 0 atom stereocenters. The number of esters is 1. The number of aromatic hydroxyl groups is 1. The third-order valence-corrected chi connectivity index (χ3v) is 3.51. The Hall–Kier alpha value is -2.67. The highest BCUT2D eigenvalue weighted by atomic mass is 32.1. The second-order valence-corrected chi connectivity index (χ2v) is 5.06. The van der Waals surface area contributed by atoms with Gasteiger partial charge >= 0.3 is 5.97 Å². The summed E-state index contributed by atoms with van der Waals surface area (Å²) in [6, 6.07) is 9.55. The molecular formula is C14H10N2O4S.